The third-order valence-electron chi connectivity index (χ3n) is 5.64. The normalized spacial score (nSPS) is 13.5. The van der Waals surface area contributed by atoms with Gasteiger partial charge in [0.05, 0.1) is 26.5 Å². The van der Waals surface area contributed by atoms with E-state index in [1.165, 1.54) is 0 Å². The Bertz CT molecular complexity index is 1080. The Morgan fingerprint density at radius 1 is 0.879 bits per heavy atom. The number of carbonyl (C=O) groups is 1. The lowest BCUT2D eigenvalue weighted by atomic mass is 10.1. The van der Waals surface area contributed by atoms with Gasteiger partial charge >= 0.3 is 0 Å². The van der Waals surface area contributed by atoms with Crippen LogP contribution in [0.4, 0.5) is 5.82 Å². The summed E-state index contributed by atoms with van der Waals surface area (Å²) in [5, 5.41) is 8.84. The van der Waals surface area contributed by atoms with Gasteiger partial charge in [-0.05, 0) is 61.5 Å². The van der Waals surface area contributed by atoms with Crippen LogP contribution in [0.5, 0.6) is 17.2 Å². The summed E-state index contributed by atoms with van der Waals surface area (Å²) in [6.07, 6.45) is 0. The summed E-state index contributed by atoms with van der Waals surface area (Å²) >= 11 is 0. The summed E-state index contributed by atoms with van der Waals surface area (Å²) < 4.78 is 16.2. The first kappa shape index (κ1) is 22.4. The average molecular weight is 449 g/mol. The topological polar surface area (TPSA) is 77.0 Å². The van der Waals surface area contributed by atoms with E-state index in [1.54, 1.807) is 14.2 Å². The number of hydrogen-bond acceptors (Lipinski definition) is 7. The summed E-state index contributed by atoms with van der Waals surface area (Å²) in [7, 11) is 3.25. The fourth-order valence-electron chi connectivity index (χ4n) is 3.83. The number of methoxy groups -OCH3 is 2. The summed E-state index contributed by atoms with van der Waals surface area (Å²) in [5.41, 5.74) is 2.20. The smallest absolute Gasteiger partial charge is 0.253 e. The second kappa shape index (κ2) is 10.2. The zero-order chi connectivity index (χ0) is 23.2. The molecule has 0 unspecified atom stereocenters. The maximum Gasteiger partial charge on any atom is 0.253 e. The van der Waals surface area contributed by atoms with E-state index in [2.05, 4.69) is 15.1 Å². The Balaban J connectivity index is 1.40. The fourth-order valence-corrected chi connectivity index (χ4v) is 3.83. The fraction of sp³-hybridized carbons (Fsp3) is 0.320. The minimum absolute atomic E-state index is 0.0317. The molecule has 0 aliphatic carbocycles. The Morgan fingerprint density at radius 2 is 1.61 bits per heavy atom. The molecular weight excluding hydrogens is 420 g/mol. The van der Waals surface area contributed by atoms with Gasteiger partial charge in [-0.25, -0.2) is 0 Å². The number of rotatable bonds is 7. The molecule has 8 heteroatoms. The molecule has 1 fully saturated rings. The van der Waals surface area contributed by atoms with Crippen LogP contribution in [0.2, 0.25) is 0 Å². The quantitative estimate of drug-likeness (QED) is 0.547. The Morgan fingerprint density at radius 3 is 2.21 bits per heavy atom. The third kappa shape index (κ3) is 5.00. The van der Waals surface area contributed by atoms with Crippen molar-refractivity contribution in [2.24, 2.45) is 0 Å². The lowest BCUT2D eigenvalue weighted by Gasteiger charge is -2.35. The first-order chi connectivity index (χ1) is 16.1. The number of nitrogens with zero attached hydrogens (tertiary/aromatic N) is 4. The minimum Gasteiger partial charge on any atom is -0.497 e. The Kier molecular flexibility index (Phi) is 6.92. The van der Waals surface area contributed by atoms with Crippen LogP contribution in [0.25, 0.3) is 11.3 Å². The molecule has 33 heavy (non-hydrogen) atoms. The lowest BCUT2D eigenvalue weighted by molar-refractivity contribution is 0.0746. The van der Waals surface area contributed by atoms with Crippen molar-refractivity contribution in [1.29, 1.82) is 0 Å². The van der Waals surface area contributed by atoms with Crippen LogP contribution in [0.1, 0.15) is 17.3 Å². The van der Waals surface area contributed by atoms with Gasteiger partial charge in [-0.15, -0.1) is 10.2 Å². The zero-order valence-corrected chi connectivity index (χ0v) is 19.2. The number of aromatic nitrogens is 2. The minimum atomic E-state index is 0.0317. The SMILES string of the molecule is CCOc1ccc(C(=O)N2CCN(c3ccc(-c4cc(OC)ccc4OC)nn3)CC2)cc1. The highest BCUT2D eigenvalue weighted by atomic mass is 16.5. The molecule has 2 heterocycles. The monoisotopic (exact) mass is 448 g/mol. The number of piperazine rings is 1. The molecule has 172 valence electrons. The highest BCUT2D eigenvalue weighted by Gasteiger charge is 2.23. The predicted molar refractivity (Wildman–Crippen MR) is 126 cm³/mol. The summed E-state index contributed by atoms with van der Waals surface area (Å²) in [5.74, 6) is 3.02. The number of ether oxygens (including phenoxy) is 3. The zero-order valence-electron chi connectivity index (χ0n) is 19.2. The molecule has 0 N–H and O–H groups in total. The van der Waals surface area contributed by atoms with Gasteiger partial charge in [0.15, 0.2) is 5.82 Å². The molecule has 0 bridgehead atoms. The van der Waals surface area contributed by atoms with Gasteiger partial charge in [-0.1, -0.05) is 0 Å². The van der Waals surface area contributed by atoms with Crippen molar-refractivity contribution in [2.75, 3.05) is 51.9 Å². The van der Waals surface area contributed by atoms with E-state index in [4.69, 9.17) is 14.2 Å². The van der Waals surface area contributed by atoms with Gasteiger partial charge in [0.1, 0.15) is 17.2 Å². The number of amides is 1. The van der Waals surface area contributed by atoms with Crippen LogP contribution in [-0.4, -0.2) is 68.0 Å². The Labute approximate surface area is 193 Å². The second-order valence-corrected chi connectivity index (χ2v) is 7.58. The molecule has 1 aliphatic heterocycles. The first-order valence-electron chi connectivity index (χ1n) is 11.0. The van der Waals surface area contributed by atoms with Crippen molar-refractivity contribution >= 4 is 11.7 Å². The van der Waals surface area contributed by atoms with E-state index in [0.29, 0.717) is 49.8 Å². The summed E-state index contributed by atoms with van der Waals surface area (Å²) in [6.45, 7) is 5.18. The molecule has 1 saturated heterocycles. The number of hydrogen-bond donors (Lipinski definition) is 0. The van der Waals surface area contributed by atoms with Crippen molar-refractivity contribution in [3.63, 3.8) is 0 Å². The number of anilines is 1. The van der Waals surface area contributed by atoms with E-state index in [-0.39, 0.29) is 5.91 Å². The van der Waals surface area contributed by atoms with Gasteiger partial charge < -0.3 is 24.0 Å². The summed E-state index contributed by atoms with van der Waals surface area (Å²) in [6, 6.07) is 16.8. The largest absolute Gasteiger partial charge is 0.497 e. The van der Waals surface area contributed by atoms with Gasteiger partial charge in [0.25, 0.3) is 5.91 Å². The van der Waals surface area contributed by atoms with Crippen molar-refractivity contribution < 1.29 is 19.0 Å². The van der Waals surface area contributed by atoms with Gasteiger partial charge in [0, 0.05) is 37.3 Å². The van der Waals surface area contributed by atoms with Gasteiger partial charge in [-0.3, -0.25) is 4.79 Å². The molecule has 1 aliphatic rings. The van der Waals surface area contributed by atoms with Crippen molar-refractivity contribution in [3.05, 3.63) is 60.2 Å². The first-order valence-corrected chi connectivity index (χ1v) is 11.0. The van der Waals surface area contributed by atoms with Gasteiger partial charge in [-0.2, -0.15) is 0 Å². The van der Waals surface area contributed by atoms with Crippen molar-refractivity contribution in [1.82, 2.24) is 15.1 Å². The summed E-state index contributed by atoms with van der Waals surface area (Å²) in [4.78, 5) is 16.9. The predicted octanol–water partition coefficient (Wildman–Crippen LogP) is 3.52. The molecule has 4 rings (SSSR count). The van der Waals surface area contributed by atoms with Crippen molar-refractivity contribution in [3.8, 4) is 28.5 Å². The molecule has 0 spiro atoms. The van der Waals surface area contributed by atoms with Crippen LogP contribution in [0.15, 0.2) is 54.6 Å². The lowest BCUT2D eigenvalue weighted by Crippen LogP contribution is -2.49. The van der Waals surface area contributed by atoms with Gasteiger partial charge in [0.2, 0.25) is 0 Å². The van der Waals surface area contributed by atoms with Crippen LogP contribution < -0.4 is 19.1 Å². The molecule has 3 aromatic rings. The van der Waals surface area contributed by atoms with Crippen LogP contribution in [0, 0.1) is 0 Å². The van der Waals surface area contributed by atoms with Crippen LogP contribution in [0.3, 0.4) is 0 Å². The molecule has 0 atom stereocenters. The molecule has 8 nitrogen and oxygen atoms in total. The maximum absolute atomic E-state index is 12.8. The third-order valence-corrected chi connectivity index (χ3v) is 5.64. The Hall–Kier alpha value is -3.81. The number of benzene rings is 2. The van der Waals surface area contributed by atoms with E-state index in [1.807, 2.05) is 66.4 Å². The molecule has 2 aromatic carbocycles. The van der Waals surface area contributed by atoms with Crippen LogP contribution >= 0.6 is 0 Å². The van der Waals surface area contributed by atoms with E-state index >= 15 is 0 Å². The van der Waals surface area contributed by atoms with E-state index in [9.17, 15) is 4.79 Å². The highest BCUT2D eigenvalue weighted by Crippen LogP contribution is 2.32. The van der Waals surface area contributed by atoms with Crippen molar-refractivity contribution in [2.45, 2.75) is 6.92 Å². The van der Waals surface area contributed by atoms with E-state index < -0.39 is 0 Å². The average Bonchev–Trinajstić information content (AvgIpc) is 2.89. The van der Waals surface area contributed by atoms with Crippen LogP contribution in [-0.2, 0) is 0 Å². The molecule has 0 saturated carbocycles. The standard InChI is InChI=1S/C25H28N4O4/c1-4-33-19-7-5-18(6-8-19)25(30)29-15-13-28(14-16-29)24-12-10-22(26-27-24)21-17-20(31-2)9-11-23(21)32-3/h5-12,17H,4,13-16H2,1-3H3. The molecule has 1 amide bonds. The highest BCUT2D eigenvalue weighted by molar-refractivity contribution is 5.94. The second-order valence-electron chi connectivity index (χ2n) is 7.58. The molecular formula is C25H28N4O4. The van der Waals surface area contributed by atoms with E-state index in [0.717, 1.165) is 22.9 Å². The number of carbonyl (C=O) groups excluding carboxylic acids is 1. The molecule has 1 aromatic heterocycles. The molecule has 0 radical (unpaired) electrons. The maximum atomic E-state index is 12.8.